The molecule has 0 spiro atoms. The molecular weight excluding hydrogens is 454 g/mol. The molecule has 186 valence electrons. The number of primary amides is 1. The van der Waals surface area contributed by atoms with Crippen molar-refractivity contribution in [2.75, 3.05) is 14.1 Å². The van der Waals surface area contributed by atoms with E-state index in [9.17, 15) is 34.8 Å². The smallest absolute Gasteiger partial charge is 0.255 e. The number of nitrogens with one attached hydrogen (secondary N) is 1. The molecule has 0 unspecified atom stereocenters. The van der Waals surface area contributed by atoms with Crippen LogP contribution in [0.15, 0.2) is 34.8 Å². The monoisotopic (exact) mass is 483 g/mol. The van der Waals surface area contributed by atoms with Gasteiger partial charge in [0.15, 0.2) is 11.4 Å². The van der Waals surface area contributed by atoms with Crippen molar-refractivity contribution in [2.24, 2.45) is 17.6 Å². The first-order chi connectivity index (χ1) is 16.5. The number of phenols is 1. The molecule has 1 amide bonds. The van der Waals surface area contributed by atoms with Gasteiger partial charge in [0, 0.05) is 24.1 Å². The molecule has 10 nitrogen and oxygen atoms in total. The van der Waals surface area contributed by atoms with Gasteiger partial charge in [-0.2, -0.15) is 0 Å². The average Bonchev–Trinajstić information content (AvgIpc) is 3.60. The van der Waals surface area contributed by atoms with E-state index in [1.54, 1.807) is 20.2 Å². The number of phenolic OH excluding ortho intramolecular Hbond substituents is 1. The second-order valence-corrected chi connectivity index (χ2v) is 10.2. The fourth-order valence-electron chi connectivity index (χ4n) is 6.02. The minimum Gasteiger partial charge on any atom is -0.510 e. The number of hydrogen-bond acceptors (Lipinski definition) is 9. The quantitative estimate of drug-likeness (QED) is 0.323. The van der Waals surface area contributed by atoms with Crippen LogP contribution in [-0.4, -0.2) is 74.6 Å². The summed E-state index contributed by atoms with van der Waals surface area (Å²) in [5.74, 6) is -6.41. The highest BCUT2D eigenvalue weighted by atomic mass is 16.3. The lowest BCUT2D eigenvalue weighted by Crippen LogP contribution is -2.63. The van der Waals surface area contributed by atoms with Gasteiger partial charge >= 0.3 is 0 Å². The predicted molar refractivity (Wildman–Crippen MR) is 124 cm³/mol. The van der Waals surface area contributed by atoms with E-state index in [1.807, 2.05) is 0 Å². The number of amides is 1. The van der Waals surface area contributed by atoms with Crippen LogP contribution in [0, 0.1) is 11.8 Å². The number of rotatable bonds is 5. The van der Waals surface area contributed by atoms with Gasteiger partial charge in [-0.15, -0.1) is 0 Å². The van der Waals surface area contributed by atoms with Crippen molar-refractivity contribution in [3.8, 4) is 5.75 Å². The molecule has 1 fully saturated rings. The summed E-state index contributed by atoms with van der Waals surface area (Å²) in [5.41, 5.74) is 3.33. The molecule has 7 N–H and O–H groups in total. The Bertz CT molecular complexity index is 1230. The highest BCUT2D eigenvalue weighted by molar-refractivity contribution is 6.24. The lowest BCUT2D eigenvalue weighted by Gasteiger charge is -2.50. The number of hydrogen-bond donors (Lipinski definition) is 6. The van der Waals surface area contributed by atoms with E-state index in [4.69, 9.17) is 5.73 Å². The van der Waals surface area contributed by atoms with Crippen LogP contribution in [0.25, 0.3) is 0 Å². The highest BCUT2D eigenvalue weighted by Crippen LogP contribution is 2.52. The molecule has 10 heteroatoms. The van der Waals surface area contributed by atoms with Crippen LogP contribution in [0.4, 0.5) is 0 Å². The lowest BCUT2D eigenvalue weighted by atomic mass is 9.58. The SMILES string of the molecule is CN(C)[C@@H]1C(O)=C(C(N)=O)C(=O)[C@@]2(O)C(O)=C3C(=O)c4c(O)ccc(CNC5CC5)c4C[C@H]3C[C@@H]12. The number of aliphatic hydroxyl groups excluding tert-OH is 2. The van der Waals surface area contributed by atoms with Crippen LogP contribution in [0.1, 0.15) is 40.7 Å². The zero-order chi connectivity index (χ0) is 25.4. The number of nitrogens with zero attached hydrogens (tertiary/aromatic N) is 1. The van der Waals surface area contributed by atoms with Gasteiger partial charge in [-0.05, 0) is 62.9 Å². The molecule has 5 rings (SSSR count). The normalized spacial score (nSPS) is 30.3. The molecule has 1 aromatic carbocycles. The van der Waals surface area contributed by atoms with Gasteiger partial charge in [-0.1, -0.05) is 6.07 Å². The summed E-state index contributed by atoms with van der Waals surface area (Å²) in [7, 11) is 3.21. The summed E-state index contributed by atoms with van der Waals surface area (Å²) in [6, 6.07) is 2.64. The summed E-state index contributed by atoms with van der Waals surface area (Å²) >= 11 is 0. The number of aliphatic hydroxyl groups is 3. The second kappa shape index (κ2) is 7.91. The van der Waals surface area contributed by atoms with Crippen LogP contribution in [0.5, 0.6) is 5.75 Å². The molecular formula is C25H29N3O7. The first kappa shape index (κ1) is 23.5. The molecule has 35 heavy (non-hydrogen) atoms. The Balaban J connectivity index is 1.66. The number of Topliss-reactive ketones (excluding diaryl/α,β-unsaturated/α-hetero) is 2. The molecule has 0 radical (unpaired) electrons. The average molecular weight is 484 g/mol. The second-order valence-electron chi connectivity index (χ2n) is 10.2. The Labute approximate surface area is 201 Å². The minimum atomic E-state index is -2.62. The largest absolute Gasteiger partial charge is 0.510 e. The molecule has 0 saturated heterocycles. The van der Waals surface area contributed by atoms with Gasteiger partial charge in [0.1, 0.15) is 22.8 Å². The predicted octanol–water partition coefficient (Wildman–Crippen LogP) is 0.373. The summed E-state index contributed by atoms with van der Waals surface area (Å²) in [4.78, 5) is 40.4. The van der Waals surface area contributed by atoms with E-state index in [1.165, 1.54) is 11.0 Å². The van der Waals surface area contributed by atoms with Crippen molar-refractivity contribution in [2.45, 2.75) is 49.9 Å². The van der Waals surface area contributed by atoms with E-state index < -0.39 is 58.0 Å². The molecule has 4 aliphatic carbocycles. The molecule has 0 aromatic heterocycles. The third-order valence-corrected chi connectivity index (χ3v) is 7.86. The molecule has 0 heterocycles. The Hall–Kier alpha value is -3.21. The molecule has 0 aliphatic heterocycles. The number of fused-ring (bicyclic) bond motifs is 3. The third-order valence-electron chi connectivity index (χ3n) is 7.86. The van der Waals surface area contributed by atoms with Gasteiger partial charge < -0.3 is 31.5 Å². The van der Waals surface area contributed by atoms with Crippen molar-refractivity contribution in [1.29, 1.82) is 0 Å². The summed E-state index contributed by atoms with van der Waals surface area (Å²) in [6.07, 6.45) is 2.56. The number of nitrogens with two attached hydrogens (primary N) is 1. The minimum absolute atomic E-state index is 0.0425. The maximum Gasteiger partial charge on any atom is 0.255 e. The molecule has 4 atom stereocenters. The topological polar surface area (TPSA) is 173 Å². The maximum absolute atomic E-state index is 13.6. The number of benzene rings is 1. The zero-order valence-corrected chi connectivity index (χ0v) is 19.5. The Morgan fingerprint density at radius 1 is 1.20 bits per heavy atom. The van der Waals surface area contributed by atoms with E-state index in [-0.39, 0.29) is 23.3 Å². The van der Waals surface area contributed by atoms with Gasteiger partial charge in [0.25, 0.3) is 5.91 Å². The van der Waals surface area contributed by atoms with Crippen molar-refractivity contribution in [3.63, 3.8) is 0 Å². The van der Waals surface area contributed by atoms with Crippen LogP contribution in [0.3, 0.4) is 0 Å². The number of allylic oxidation sites excluding steroid dienone is 1. The van der Waals surface area contributed by atoms with Crippen molar-refractivity contribution in [1.82, 2.24) is 10.2 Å². The van der Waals surface area contributed by atoms with E-state index in [2.05, 4.69) is 5.32 Å². The van der Waals surface area contributed by atoms with Gasteiger partial charge in [-0.3, -0.25) is 19.3 Å². The summed E-state index contributed by atoms with van der Waals surface area (Å²) in [6.45, 7) is 0.524. The van der Waals surface area contributed by atoms with Gasteiger partial charge in [0.2, 0.25) is 5.78 Å². The number of carbonyl (C=O) groups excluding carboxylic acids is 3. The first-order valence-corrected chi connectivity index (χ1v) is 11.7. The van der Waals surface area contributed by atoms with Crippen molar-refractivity contribution < 1.29 is 34.8 Å². The zero-order valence-electron chi connectivity index (χ0n) is 19.5. The first-order valence-electron chi connectivity index (χ1n) is 11.7. The molecule has 0 bridgehead atoms. The van der Waals surface area contributed by atoms with Crippen LogP contribution >= 0.6 is 0 Å². The maximum atomic E-state index is 13.6. The van der Waals surface area contributed by atoms with E-state index in [0.717, 1.165) is 18.4 Å². The van der Waals surface area contributed by atoms with E-state index in [0.29, 0.717) is 24.6 Å². The van der Waals surface area contributed by atoms with E-state index >= 15 is 0 Å². The highest BCUT2D eigenvalue weighted by Gasteiger charge is 2.63. The third kappa shape index (κ3) is 3.31. The number of carbonyl (C=O) groups is 3. The number of aromatic hydroxyl groups is 1. The molecule has 1 saturated carbocycles. The molecule has 4 aliphatic rings. The standard InChI is InChI=1S/C25H29N3O7/c1-28(2)19-14-8-11-7-13-10(9-27-12-4-5-12)3-6-15(29)17(13)20(30)16(11)22(32)25(14,35)23(33)18(21(19)31)24(26)34/h3,6,11-12,14,19,27,29,31-32,35H,4-5,7-9H2,1-2H3,(H2,26,34)/t11-,14-,19-,25-/m0/s1. The van der Waals surface area contributed by atoms with Gasteiger partial charge in [-0.25, -0.2) is 0 Å². The van der Waals surface area contributed by atoms with Crippen LogP contribution < -0.4 is 11.1 Å². The summed E-state index contributed by atoms with van der Waals surface area (Å²) in [5, 5.41) is 47.6. The molecule has 1 aromatic rings. The lowest BCUT2D eigenvalue weighted by molar-refractivity contribution is -0.148. The van der Waals surface area contributed by atoms with Crippen molar-refractivity contribution >= 4 is 17.5 Å². The Morgan fingerprint density at radius 3 is 2.49 bits per heavy atom. The summed E-state index contributed by atoms with van der Waals surface area (Å²) < 4.78 is 0. The van der Waals surface area contributed by atoms with Crippen molar-refractivity contribution in [3.05, 3.63) is 51.5 Å². The van der Waals surface area contributed by atoms with Crippen LogP contribution in [0.2, 0.25) is 0 Å². The Kier molecular flexibility index (Phi) is 5.31. The fourth-order valence-corrected chi connectivity index (χ4v) is 6.02. The number of likely N-dealkylation sites (N-methyl/N-ethyl adjacent to an activating group) is 1. The number of ketones is 2. The fraction of sp³-hybridized carbons (Fsp3) is 0.480. The van der Waals surface area contributed by atoms with Crippen LogP contribution in [-0.2, 0) is 22.6 Å². The van der Waals surface area contributed by atoms with Gasteiger partial charge in [0.05, 0.1) is 11.6 Å². The Morgan fingerprint density at radius 2 is 1.89 bits per heavy atom.